The summed E-state index contributed by atoms with van der Waals surface area (Å²) in [6.07, 6.45) is -28.4. The first-order valence-electron chi connectivity index (χ1n) is 22.8. The van der Waals surface area contributed by atoms with Crippen molar-refractivity contribution >= 4 is 58.4 Å². The van der Waals surface area contributed by atoms with E-state index < -0.39 is 149 Å². The maximum absolute atomic E-state index is 15.5. The van der Waals surface area contributed by atoms with Gasteiger partial charge in [0.15, 0.2) is 5.60 Å². The highest BCUT2D eigenvalue weighted by molar-refractivity contribution is 14.1. The normalized spacial score (nSPS) is 21.7. The lowest BCUT2D eigenvalue weighted by molar-refractivity contribution is -0.391. The number of benzene rings is 2. The summed E-state index contributed by atoms with van der Waals surface area (Å²) in [5, 5.41) is 31.4. The van der Waals surface area contributed by atoms with Crippen LogP contribution in [0.15, 0.2) is 42.5 Å². The fourth-order valence-corrected chi connectivity index (χ4v) is 10.1. The van der Waals surface area contributed by atoms with E-state index in [1.165, 1.54) is 32.9 Å². The minimum atomic E-state index is -6.63. The topological polar surface area (TPSA) is 218 Å². The number of carbonyl (C=O) groups excluding carboxylic acids is 6. The van der Waals surface area contributed by atoms with Crippen LogP contribution in [-0.4, -0.2) is 113 Å². The number of phenolic OH excluding ortho intramolecular Hbond substituents is 1. The molecule has 2 aliphatic rings. The number of hydrogen-bond donors (Lipinski definition) is 3. The number of aromatic hydroxyl groups is 1. The summed E-state index contributed by atoms with van der Waals surface area (Å²) >= 11 is 1.76. The lowest BCUT2D eigenvalue weighted by Gasteiger charge is -2.56. The smallest absolute Gasteiger partial charge is 0.426 e. The van der Waals surface area contributed by atoms with Crippen LogP contribution in [0.5, 0.6) is 5.75 Å². The van der Waals surface area contributed by atoms with Crippen LogP contribution in [0.25, 0.3) is 0 Å². The molecule has 2 aromatic carbocycles. The molecule has 2 fully saturated rings. The molecule has 0 amide bonds. The lowest BCUT2D eigenvalue weighted by atomic mass is 9.45. The van der Waals surface area contributed by atoms with Gasteiger partial charge in [0.1, 0.15) is 30.7 Å². The zero-order chi connectivity index (χ0) is 56.8. The van der Waals surface area contributed by atoms with Gasteiger partial charge in [0.25, 0.3) is 5.60 Å². The van der Waals surface area contributed by atoms with Gasteiger partial charge < -0.3 is 43.7 Å². The number of ether oxygens (including phenoxy) is 6. The second kappa shape index (κ2) is 21.2. The molecule has 1 saturated heterocycles. The van der Waals surface area contributed by atoms with E-state index in [0.717, 1.165) is 41.5 Å². The Kier molecular flexibility index (Phi) is 17.7. The first-order chi connectivity index (χ1) is 33.5. The minimum absolute atomic E-state index is 0.0375. The number of carbonyl (C=O) groups is 6. The van der Waals surface area contributed by atoms with Crippen molar-refractivity contribution in [2.24, 2.45) is 33.5 Å². The van der Waals surface area contributed by atoms with Crippen molar-refractivity contribution < 1.29 is 112 Å². The van der Waals surface area contributed by atoms with Crippen molar-refractivity contribution in [3.63, 3.8) is 0 Å². The molecule has 0 radical (unpaired) electrons. The summed E-state index contributed by atoms with van der Waals surface area (Å²) in [5.41, 5.74) is -22.2. The van der Waals surface area contributed by atoms with Crippen LogP contribution in [-0.2, 0) is 58.0 Å². The molecular formula is C49H58F9IO15. The molecule has 2 aromatic rings. The number of aryl methyl sites for hydroxylation is 1. The van der Waals surface area contributed by atoms with Crippen LogP contribution in [0, 0.1) is 44.0 Å². The Balaban J connectivity index is 1.95. The van der Waals surface area contributed by atoms with Crippen LogP contribution in [0.4, 0.5) is 39.5 Å². The molecule has 0 aromatic heterocycles. The highest BCUT2D eigenvalue weighted by Crippen LogP contribution is 2.63. The number of hydrogen-bond acceptors (Lipinski definition) is 15. The first kappa shape index (κ1) is 61.6. The Hall–Kier alpha value is -4.92. The van der Waals surface area contributed by atoms with Gasteiger partial charge in [-0.3, -0.25) is 19.2 Å². The second-order valence-electron chi connectivity index (χ2n) is 20.5. The van der Waals surface area contributed by atoms with Gasteiger partial charge >= 0.3 is 54.3 Å². The lowest BCUT2D eigenvalue weighted by Crippen LogP contribution is -2.68. The van der Waals surface area contributed by atoms with Crippen LogP contribution < -0.4 is 0 Å². The van der Waals surface area contributed by atoms with Crippen molar-refractivity contribution in [1.29, 1.82) is 0 Å². The quantitative estimate of drug-likeness (QED) is 0.0443. The monoisotopic (exact) mass is 1180 g/mol. The SMILES string of the molecule is Cc1cc(C(=O)OCCOC(=O)C(C)(C)C(C)(C(=O)OC2CC(C(C)(O)C(F)(F)F)CC(C(O)(C(F)(F)F)C(F)(F)F)C2)C(C)(C(=O)OC2CCOC2=O)C(C)(C)C(=O)OC(C)(C)c2ccccc2)cc(I)c1O. The average Bonchev–Trinajstić information content (AvgIpc) is 3.69. The molecule has 1 aliphatic heterocycles. The summed E-state index contributed by atoms with van der Waals surface area (Å²) in [5.74, 6) is -14.6. The van der Waals surface area contributed by atoms with Gasteiger partial charge in [-0.25, -0.2) is 9.59 Å². The molecule has 1 saturated carbocycles. The van der Waals surface area contributed by atoms with E-state index in [4.69, 9.17) is 28.4 Å². The molecule has 4 rings (SSSR count). The van der Waals surface area contributed by atoms with Gasteiger partial charge in [-0.15, -0.1) is 0 Å². The summed E-state index contributed by atoms with van der Waals surface area (Å²) in [4.78, 5) is 86.0. The number of aliphatic hydroxyl groups is 2. The van der Waals surface area contributed by atoms with Crippen molar-refractivity contribution in [2.75, 3.05) is 19.8 Å². The molecule has 414 valence electrons. The fourth-order valence-electron chi connectivity index (χ4n) is 9.34. The number of phenols is 1. The molecule has 7 unspecified atom stereocenters. The van der Waals surface area contributed by atoms with Crippen molar-refractivity contribution in [3.05, 3.63) is 62.7 Å². The standard InChI is InChI=1S/C49H58F9IO15/c1-25-20-26(21-31(59)33(25)60)34(61)70-18-19-71-36(63)40(2,3)43(8,38(65)72-30-23-28(45(10,67)47(50,51)52)22-29(24-30)46(68,48(53,54)55)49(56,57)58)44(9,39(66)73-32-16-17-69-35(32)62)41(4,5)37(64)74-42(6,7)27-14-12-11-13-15-27/h11-15,20-21,28-30,32,60,67-68H,16-19,22-24H2,1-10H3. The third-order valence-corrected chi connectivity index (χ3v) is 15.9. The summed E-state index contributed by atoms with van der Waals surface area (Å²) in [6, 6.07) is 10.5. The van der Waals surface area contributed by atoms with E-state index in [1.807, 2.05) is 0 Å². The average molecular weight is 1180 g/mol. The van der Waals surface area contributed by atoms with Gasteiger partial charge in [0, 0.05) is 18.3 Å². The summed E-state index contributed by atoms with van der Waals surface area (Å²) < 4.78 is 163. The predicted molar refractivity (Wildman–Crippen MR) is 246 cm³/mol. The Morgan fingerprint density at radius 2 is 1.18 bits per heavy atom. The van der Waals surface area contributed by atoms with Crippen LogP contribution in [0.1, 0.15) is 109 Å². The van der Waals surface area contributed by atoms with Gasteiger partial charge in [0.2, 0.25) is 6.10 Å². The molecule has 1 heterocycles. The van der Waals surface area contributed by atoms with Crippen LogP contribution >= 0.6 is 22.6 Å². The van der Waals surface area contributed by atoms with Crippen LogP contribution in [0.3, 0.4) is 0 Å². The van der Waals surface area contributed by atoms with E-state index in [-0.39, 0.29) is 34.8 Å². The van der Waals surface area contributed by atoms with Crippen molar-refractivity contribution in [2.45, 2.75) is 142 Å². The van der Waals surface area contributed by atoms with Crippen molar-refractivity contribution in [1.82, 2.24) is 0 Å². The molecule has 25 heteroatoms. The Morgan fingerprint density at radius 1 is 0.676 bits per heavy atom. The predicted octanol–water partition coefficient (Wildman–Crippen LogP) is 8.90. The molecule has 0 spiro atoms. The molecule has 15 nitrogen and oxygen atoms in total. The van der Waals surface area contributed by atoms with E-state index in [2.05, 4.69) is 0 Å². The molecule has 3 N–H and O–H groups in total. The largest absolute Gasteiger partial charge is 0.507 e. The van der Waals surface area contributed by atoms with Gasteiger partial charge in [-0.05, 0) is 134 Å². The molecule has 1 aliphatic carbocycles. The number of alkyl halides is 9. The van der Waals surface area contributed by atoms with E-state index in [0.29, 0.717) is 11.1 Å². The molecular weight excluding hydrogens is 1130 g/mol. The third kappa shape index (κ3) is 11.3. The van der Waals surface area contributed by atoms with Crippen molar-refractivity contribution in [3.8, 4) is 5.75 Å². The Bertz CT molecular complexity index is 2420. The third-order valence-electron chi connectivity index (χ3n) is 15.1. The number of rotatable bonds is 17. The first-order valence-corrected chi connectivity index (χ1v) is 23.9. The number of halogens is 10. The van der Waals surface area contributed by atoms with E-state index in [1.54, 1.807) is 52.9 Å². The number of cyclic esters (lactones) is 1. The maximum Gasteiger partial charge on any atom is 0.426 e. The minimum Gasteiger partial charge on any atom is -0.507 e. The van der Waals surface area contributed by atoms with Crippen LogP contribution in [0.2, 0.25) is 0 Å². The second-order valence-corrected chi connectivity index (χ2v) is 21.7. The van der Waals surface area contributed by atoms with E-state index >= 15 is 9.59 Å². The molecule has 7 atom stereocenters. The summed E-state index contributed by atoms with van der Waals surface area (Å²) in [7, 11) is 0. The van der Waals surface area contributed by atoms with Gasteiger partial charge in [-0.1, -0.05) is 30.3 Å². The Labute approximate surface area is 433 Å². The van der Waals surface area contributed by atoms with E-state index in [9.17, 15) is 74.0 Å². The van der Waals surface area contributed by atoms with Gasteiger partial charge in [-0.2, -0.15) is 39.5 Å². The molecule has 0 bridgehead atoms. The highest BCUT2D eigenvalue weighted by Gasteiger charge is 2.77. The van der Waals surface area contributed by atoms with Gasteiger partial charge in [0.05, 0.1) is 37.4 Å². The molecule has 74 heavy (non-hydrogen) atoms. The zero-order valence-electron chi connectivity index (χ0n) is 41.8. The Morgan fingerprint density at radius 3 is 1.66 bits per heavy atom. The maximum atomic E-state index is 15.5. The zero-order valence-corrected chi connectivity index (χ0v) is 44.0. The summed E-state index contributed by atoms with van der Waals surface area (Å²) in [6.45, 7) is 8.17. The number of esters is 6. The highest BCUT2D eigenvalue weighted by atomic mass is 127. The fraction of sp³-hybridized carbons (Fsp3) is 0.633.